The molecule has 1 aromatic rings. The molecule has 0 saturated heterocycles. The first kappa shape index (κ1) is 16.1. The van der Waals surface area contributed by atoms with E-state index in [9.17, 15) is 4.79 Å². The van der Waals surface area contributed by atoms with Crippen molar-refractivity contribution >= 4 is 5.91 Å². The number of hydrogen-bond donors (Lipinski definition) is 1. The Kier molecular flexibility index (Phi) is 5.45. The molecular formula is C17H28N2O2. The second kappa shape index (κ2) is 7.12. The van der Waals surface area contributed by atoms with E-state index in [-0.39, 0.29) is 5.91 Å². The fraction of sp³-hybridized carbons (Fsp3) is 0.706. The third-order valence-electron chi connectivity index (χ3n) is 5.13. The Labute approximate surface area is 127 Å². The van der Waals surface area contributed by atoms with Crippen molar-refractivity contribution in [3.8, 4) is 0 Å². The van der Waals surface area contributed by atoms with Crippen LogP contribution in [0.25, 0.3) is 0 Å². The molecule has 1 amide bonds. The molecule has 0 spiro atoms. The van der Waals surface area contributed by atoms with E-state index in [1.807, 2.05) is 17.0 Å². The van der Waals surface area contributed by atoms with Gasteiger partial charge < -0.3 is 15.1 Å². The summed E-state index contributed by atoms with van der Waals surface area (Å²) in [5, 5.41) is 0. The molecule has 21 heavy (non-hydrogen) atoms. The highest BCUT2D eigenvalue weighted by Gasteiger charge is 2.40. The van der Waals surface area contributed by atoms with Crippen LogP contribution in [-0.2, 0) is 11.3 Å². The van der Waals surface area contributed by atoms with Gasteiger partial charge >= 0.3 is 0 Å². The predicted octanol–water partition coefficient (Wildman–Crippen LogP) is 3.32. The van der Waals surface area contributed by atoms with Gasteiger partial charge in [0, 0.05) is 12.6 Å². The van der Waals surface area contributed by atoms with Crippen molar-refractivity contribution in [1.29, 1.82) is 0 Å². The molecule has 1 saturated carbocycles. The molecule has 2 N–H and O–H groups in total. The summed E-state index contributed by atoms with van der Waals surface area (Å²) in [5.74, 6) is 1.06. The molecule has 0 atom stereocenters. The quantitative estimate of drug-likeness (QED) is 0.838. The van der Waals surface area contributed by atoms with Gasteiger partial charge in [0.15, 0.2) is 0 Å². The third kappa shape index (κ3) is 3.31. The highest BCUT2D eigenvalue weighted by molar-refractivity contribution is 5.83. The van der Waals surface area contributed by atoms with E-state index in [1.54, 1.807) is 6.26 Å². The van der Waals surface area contributed by atoms with Crippen LogP contribution in [0.15, 0.2) is 22.8 Å². The summed E-state index contributed by atoms with van der Waals surface area (Å²) in [4.78, 5) is 15.2. The zero-order valence-corrected chi connectivity index (χ0v) is 13.3. The van der Waals surface area contributed by atoms with E-state index in [1.165, 1.54) is 12.8 Å². The molecule has 4 nitrogen and oxygen atoms in total. The van der Waals surface area contributed by atoms with Crippen LogP contribution in [0, 0.1) is 5.41 Å². The number of nitrogens with two attached hydrogens (primary N) is 1. The van der Waals surface area contributed by atoms with Crippen molar-refractivity contribution in [2.45, 2.75) is 65.0 Å². The average Bonchev–Trinajstić information content (AvgIpc) is 3.20. The van der Waals surface area contributed by atoms with Gasteiger partial charge in [0.1, 0.15) is 5.76 Å². The minimum absolute atomic E-state index is 0.207. The van der Waals surface area contributed by atoms with Crippen molar-refractivity contribution in [2.75, 3.05) is 6.54 Å². The van der Waals surface area contributed by atoms with Crippen molar-refractivity contribution in [3.05, 3.63) is 24.2 Å². The standard InChI is InChI=1S/C17H28N2O2/c1-3-17(4-2,13-18)16(20)19(14-8-5-6-9-14)12-15-10-7-11-21-15/h7,10-11,14H,3-6,8-9,12-13,18H2,1-2H3. The Bertz CT molecular complexity index is 423. The highest BCUT2D eigenvalue weighted by Crippen LogP contribution is 2.33. The summed E-state index contributed by atoms with van der Waals surface area (Å²) in [6.07, 6.45) is 7.87. The lowest BCUT2D eigenvalue weighted by molar-refractivity contribution is -0.145. The third-order valence-corrected chi connectivity index (χ3v) is 5.13. The summed E-state index contributed by atoms with van der Waals surface area (Å²) >= 11 is 0. The second-order valence-electron chi connectivity index (χ2n) is 6.14. The largest absolute Gasteiger partial charge is 0.467 e. The summed E-state index contributed by atoms with van der Waals surface area (Å²) in [5.41, 5.74) is 5.55. The van der Waals surface area contributed by atoms with Crippen molar-refractivity contribution in [1.82, 2.24) is 4.90 Å². The molecule has 2 rings (SSSR count). The normalized spacial score (nSPS) is 16.3. The van der Waals surface area contributed by atoms with Crippen LogP contribution >= 0.6 is 0 Å². The SMILES string of the molecule is CCC(CC)(CN)C(=O)N(Cc1ccco1)C1CCCC1. The molecule has 0 aromatic carbocycles. The number of carbonyl (C=O) groups excluding carboxylic acids is 1. The first-order valence-electron chi connectivity index (χ1n) is 8.20. The molecule has 1 aliphatic carbocycles. The molecule has 0 bridgehead atoms. The highest BCUT2D eigenvalue weighted by atomic mass is 16.3. The minimum Gasteiger partial charge on any atom is -0.467 e. The molecular weight excluding hydrogens is 264 g/mol. The molecule has 1 heterocycles. The summed E-state index contributed by atoms with van der Waals surface area (Å²) in [7, 11) is 0. The van der Waals surface area contributed by atoms with Crippen LogP contribution in [0.4, 0.5) is 0 Å². The monoisotopic (exact) mass is 292 g/mol. The van der Waals surface area contributed by atoms with Crippen LogP contribution in [0.2, 0.25) is 0 Å². The lowest BCUT2D eigenvalue weighted by atomic mass is 9.80. The van der Waals surface area contributed by atoms with Crippen molar-refractivity contribution in [3.63, 3.8) is 0 Å². The van der Waals surface area contributed by atoms with E-state index in [2.05, 4.69) is 13.8 Å². The van der Waals surface area contributed by atoms with Gasteiger partial charge in [0.05, 0.1) is 18.2 Å². The van der Waals surface area contributed by atoms with Gasteiger partial charge in [-0.3, -0.25) is 4.79 Å². The van der Waals surface area contributed by atoms with E-state index >= 15 is 0 Å². The molecule has 1 aliphatic rings. The van der Waals surface area contributed by atoms with Crippen molar-refractivity contribution in [2.24, 2.45) is 11.1 Å². The fourth-order valence-corrected chi connectivity index (χ4v) is 3.39. The first-order chi connectivity index (χ1) is 10.2. The van der Waals surface area contributed by atoms with E-state index in [0.717, 1.165) is 31.4 Å². The van der Waals surface area contributed by atoms with Gasteiger partial charge in [0.25, 0.3) is 0 Å². The Balaban J connectivity index is 2.23. The molecule has 118 valence electrons. The van der Waals surface area contributed by atoms with Gasteiger partial charge in [-0.15, -0.1) is 0 Å². The summed E-state index contributed by atoms with van der Waals surface area (Å²) in [6, 6.07) is 4.16. The van der Waals surface area contributed by atoms with Gasteiger partial charge in [-0.2, -0.15) is 0 Å². The molecule has 1 aromatic heterocycles. The lowest BCUT2D eigenvalue weighted by Crippen LogP contribution is -2.50. The van der Waals surface area contributed by atoms with Gasteiger partial charge in [-0.25, -0.2) is 0 Å². The topological polar surface area (TPSA) is 59.5 Å². The maximum absolute atomic E-state index is 13.2. The van der Waals surface area contributed by atoms with Gasteiger partial charge in [-0.1, -0.05) is 26.7 Å². The van der Waals surface area contributed by atoms with Crippen LogP contribution in [-0.4, -0.2) is 23.4 Å². The number of hydrogen-bond acceptors (Lipinski definition) is 3. The van der Waals surface area contributed by atoms with Crippen molar-refractivity contribution < 1.29 is 9.21 Å². The average molecular weight is 292 g/mol. The van der Waals surface area contributed by atoms with Crippen LogP contribution in [0.5, 0.6) is 0 Å². The Morgan fingerprint density at radius 1 is 1.38 bits per heavy atom. The summed E-state index contributed by atoms with van der Waals surface area (Å²) < 4.78 is 5.46. The van der Waals surface area contributed by atoms with Gasteiger partial charge in [0.2, 0.25) is 5.91 Å². The van der Waals surface area contributed by atoms with Crippen LogP contribution < -0.4 is 5.73 Å². The van der Waals surface area contributed by atoms with E-state index in [4.69, 9.17) is 10.2 Å². The molecule has 1 fully saturated rings. The van der Waals surface area contributed by atoms with Crippen LogP contribution in [0.3, 0.4) is 0 Å². The predicted molar refractivity (Wildman–Crippen MR) is 83.6 cm³/mol. The molecule has 0 radical (unpaired) electrons. The zero-order valence-electron chi connectivity index (χ0n) is 13.3. The van der Waals surface area contributed by atoms with E-state index in [0.29, 0.717) is 19.1 Å². The number of furan rings is 1. The second-order valence-corrected chi connectivity index (χ2v) is 6.14. The fourth-order valence-electron chi connectivity index (χ4n) is 3.39. The number of nitrogens with zero attached hydrogens (tertiary/aromatic N) is 1. The number of carbonyl (C=O) groups is 1. The molecule has 0 unspecified atom stereocenters. The number of rotatable bonds is 7. The maximum Gasteiger partial charge on any atom is 0.230 e. The first-order valence-corrected chi connectivity index (χ1v) is 8.20. The van der Waals surface area contributed by atoms with E-state index < -0.39 is 5.41 Å². The van der Waals surface area contributed by atoms with Crippen LogP contribution in [0.1, 0.15) is 58.1 Å². The molecule has 0 aliphatic heterocycles. The lowest BCUT2D eigenvalue weighted by Gasteiger charge is -2.38. The smallest absolute Gasteiger partial charge is 0.230 e. The minimum atomic E-state index is -0.421. The summed E-state index contributed by atoms with van der Waals surface area (Å²) in [6.45, 7) is 5.11. The Morgan fingerprint density at radius 2 is 2.05 bits per heavy atom. The Morgan fingerprint density at radius 3 is 2.52 bits per heavy atom. The van der Waals surface area contributed by atoms with Gasteiger partial charge in [-0.05, 0) is 37.8 Å². The number of amides is 1. The maximum atomic E-state index is 13.2. The Hall–Kier alpha value is -1.29. The zero-order chi connectivity index (χ0) is 15.3. The molecule has 4 heteroatoms.